The lowest BCUT2D eigenvalue weighted by atomic mass is 10.1. The van der Waals surface area contributed by atoms with Crippen LogP contribution >= 0.6 is 23.4 Å². The van der Waals surface area contributed by atoms with Gasteiger partial charge in [-0.05, 0) is 55.3 Å². The van der Waals surface area contributed by atoms with Crippen molar-refractivity contribution < 1.29 is 18.7 Å². The first-order valence-electron chi connectivity index (χ1n) is 8.76. The number of carbonyl (C=O) groups is 2. The van der Waals surface area contributed by atoms with Crippen molar-refractivity contribution in [3.05, 3.63) is 75.5 Å². The van der Waals surface area contributed by atoms with E-state index < -0.39 is 17.0 Å². The molecule has 2 aromatic carbocycles. The molecule has 1 saturated heterocycles. The number of carbonyl (C=O) groups excluding carboxylic acids is 2. The first-order valence-corrected chi connectivity index (χ1v) is 10.0. The van der Waals surface area contributed by atoms with Crippen LogP contribution in [0.1, 0.15) is 12.5 Å². The van der Waals surface area contributed by atoms with Crippen LogP contribution in [0, 0.1) is 17.1 Å². The zero-order chi connectivity index (χ0) is 21.0. The third-order valence-electron chi connectivity index (χ3n) is 4.15. The van der Waals surface area contributed by atoms with Gasteiger partial charge in [0.05, 0.1) is 11.9 Å². The molecule has 1 aliphatic heterocycles. The second kappa shape index (κ2) is 9.12. The van der Waals surface area contributed by atoms with Gasteiger partial charge in [0.2, 0.25) is 5.91 Å². The predicted molar refractivity (Wildman–Crippen MR) is 110 cm³/mol. The highest BCUT2D eigenvalue weighted by atomic mass is 35.5. The third kappa shape index (κ3) is 4.61. The maximum Gasteiger partial charge on any atom is 0.351 e. The SMILES string of the molecule is CCOC(=O)C(C#N)=C1SC(Cc2cccc(Cl)c2)C(=O)N1c1ccc(F)cc1. The van der Waals surface area contributed by atoms with Crippen molar-refractivity contribution in [1.29, 1.82) is 5.26 Å². The number of rotatable bonds is 5. The number of hydrogen-bond donors (Lipinski definition) is 0. The monoisotopic (exact) mass is 430 g/mol. The average Bonchev–Trinajstić information content (AvgIpc) is 2.99. The van der Waals surface area contributed by atoms with E-state index in [1.807, 2.05) is 12.1 Å². The highest BCUT2D eigenvalue weighted by Crippen LogP contribution is 2.42. The van der Waals surface area contributed by atoms with Gasteiger partial charge >= 0.3 is 5.97 Å². The van der Waals surface area contributed by atoms with Gasteiger partial charge in [-0.15, -0.1) is 0 Å². The lowest BCUT2D eigenvalue weighted by molar-refractivity contribution is -0.138. The molecule has 5 nitrogen and oxygen atoms in total. The summed E-state index contributed by atoms with van der Waals surface area (Å²) in [5, 5.41) is 9.70. The van der Waals surface area contributed by atoms with Crippen molar-refractivity contribution in [2.24, 2.45) is 0 Å². The van der Waals surface area contributed by atoms with Crippen molar-refractivity contribution in [3.8, 4) is 6.07 Å². The minimum absolute atomic E-state index is 0.0956. The van der Waals surface area contributed by atoms with E-state index in [9.17, 15) is 19.2 Å². The molecule has 3 rings (SSSR count). The molecular formula is C21H16ClFN2O3S. The minimum atomic E-state index is -0.805. The maximum atomic E-state index is 13.4. The molecule has 1 amide bonds. The Morgan fingerprint density at radius 1 is 1.31 bits per heavy atom. The number of anilines is 1. The second-order valence-corrected chi connectivity index (χ2v) is 7.73. The van der Waals surface area contributed by atoms with Crippen molar-refractivity contribution in [2.75, 3.05) is 11.5 Å². The fraction of sp³-hybridized carbons (Fsp3) is 0.190. The molecule has 1 unspecified atom stereocenters. The number of nitrogens with zero attached hydrogens (tertiary/aromatic N) is 2. The van der Waals surface area contributed by atoms with E-state index in [2.05, 4.69) is 0 Å². The average molecular weight is 431 g/mol. The van der Waals surface area contributed by atoms with Crippen LogP contribution in [0.25, 0.3) is 0 Å². The molecule has 1 heterocycles. The van der Waals surface area contributed by atoms with Crippen LogP contribution in [0.5, 0.6) is 0 Å². The number of esters is 1. The first-order chi connectivity index (χ1) is 13.9. The summed E-state index contributed by atoms with van der Waals surface area (Å²) in [6, 6.07) is 14.3. The van der Waals surface area contributed by atoms with E-state index in [0.717, 1.165) is 17.3 Å². The summed E-state index contributed by atoms with van der Waals surface area (Å²) in [4.78, 5) is 26.7. The van der Waals surface area contributed by atoms with Gasteiger partial charge in [-0.25, -0.2) is 9.18 Å². The number of halogens is 2. The molecule has 1 fully saturated rings. The predicted octanol–water partition coefficient (Wildman–Crippen LogP) is 4.47. The van der Waals surface area contributed by atoms with E-state index in [1.54, 1.807) is 25.1 Å². The molecule has 0 bridgehead atoms. The Balaban J connectivity index is 2.03. The van der Waals surface area contributed by atoms with Crippen molar-refractivity contribution in [3.63, 3.8) is 0 Å². The van der Waals surface area contributed by atoms with Gasteiger partial charge in [0.1, 0.15) is 16.9 Å². The number of benzene rings is 2. The molecular weight excluding hydrogens is 415 g/mol. The molecule has 0 N–H and O–H groups in total. The summed E-state index contributed by atoms with van der Waals surface area (Å²) in [6.45, 7) is 1.72. The topological polar surface area (TPSA) is 70.4 Å². The van der Waals surface area contributed by atoms with Crippen molar-refractivity contribution in [1.82, 2.24) is 0 Å². The molecule has 0 saturated carbocycles. The Bertz CT molecular complexity index is 1020. The molecule has 29 heavy (non-hydrogen) atoms. The second-order valence-electron chi connectivity index (χ2n) is 6.10. The Hall–Kier alpha value is -2.82. The van der Waals surface area contributed by atoms with E-state index in [4.69, 9.17) is 16.3 Å². The van der Waals surface area contributed by atoms with Crippen LogP contribution in [0.15, 0.2) is 59.1 Å². The number of ether oxygens (including phenoxy) is 1. The number of amides is 1. The van der Waals surface area contributed by atoms with Crippen molar-refractivity contribution in [2.45, 2.75) is 18.6 Å². The first kappa shape index (κ1) is 20.9. The largest absolute Gasteiger partial charge is 0.462 e. The van der Waals surface area contributed by atoms with Crippen LogP contribution in [-0.4, -0.2) is 23.7 Å². The molecule has 8 heteroatoms. The van der Waals surface area contributed by atoms with Crippen LogP contribution in [0.3, 0.4) is 0 Å². The fourth-order valence-electron chi connectivity index (χ4n) is 2.88. The Morgan fingerprint density at radius 2 is 2.03 bits per heavy atom. The Kier molecular flexibility index (Phi) is 6.57. The smallest absolute Gasteiger partial charge is 0.351 e. The Labute approximate surface area is 176 Å². The Morgan fingerprint density at radius 3 is 2.66 bits per heavy atom. The van der Waals surface area contributed by atoms with Crippen LogP contribution in [-0.2, 0) is 20.7 Å². The summed E-state index contributed by atoms with van der Waals surface area (Å²) in [7, 11) is 0. The van der Waals surface area contributed by atoms with Gasteiger partial charge in [-0.3, -0.25) is 9.69 Å². The van der Waals surface area contributed by atoms with Crippen LogP contribution < -0.4 is 4.90 Å². The standard InChI is InChI=1S/C21H16ClFN2O3S/c1-2-28-21(27)17(12-24)20-25(16-8-6-15(23)7-9-16)19(26)18(29-20)11-13-4-3-5-14(22)10-13/h3-10,18H,2,11H2,1H3. The van der Waals surface area contributed by atoms with Crippen LogP contribution in [0.2, 0.25) is 5.02 Å². The highest BCUT2D eigenvalue weighted by Gasteiger charge is 2.41. The lowest BCUT2D eigenvalue weighted by Gasteiger charge is -2.18. The molecule has 0 aromatic heterocycles. The summed E-state index contributed by atoms with van der Waals surface area (Å²) in [6.07, 6.45) is 0.354. The minimum Gasteiger partial charge on any atom is -0.462 e. The van der Waals surface area contributed by atoms with E-state index in [-0.39, 0.29) is 23.1 Å². The molecule has 148 valence electrons. The van der Waals surface area contributed by atoms with Gasteiger partial charge in [-0.2, -0.15) is 5.26 Å². The summed E-state index contributed by atoms with van der Waals surface area (Å²) in [5.41, 5.74) is 0.950. The van der Waals surface area contributed by atoms with Crippen molar-refractivity contribution >= 4 is 40.9 Å². The lowest BCUT2D eigenvalue weighted by Crippen LogP contribution is -2.30. The zero-order valence-corrected chi connectivity index (χ0v) is 17.0. The molecule has 0 aliphatic carbocycles. The highest BCUT2D eigenvalue weighted by molar-refractivity contribution is 8.05. The molecule has 1 aliphatic rings. The van der Waals surface area contributed by atoms with Gasteiger partial charge in [0.25, 0.3) is 0 Å². The quantitative estimate of drug-likeness (QED) is 0.397. The van der Waals surface area contributed by atoms with Gasteiger partial charge in [-0.1, -0.05) is 35.5 Å². The van der Waals surface area contributed by atoms with E-state index in [1.165, 1.54) is 29.2 Å². The van der Waals surface area contributed by atoms with E-state index in [0.29, 0.717) is 17.1 Å². The normalized spacial score (nSPS) is 17.8. The van der Waals surface area contributed by atoms with Gasteiger partial charge in [0, 0.05) is 10.7 Å². The molecule has 0 radical (unpaired) electrons. The number of thioether (sulfide) groups is 1. The fourth-order valence-corrected chi connectivity index (χ4v) is 4.39. The summed E-state index contributed by atoms with van der Waals surface area (Å²) >= 11 is 7.14. The molecule has 1 atom stereocenters. The maximum absolute atomic E-state index is 13.4. The summed E-state index contributed by atoms with van der Waals surface area (Å²) < 4.78 is 18.3. The van der Waals surface area contributed by atoms with E-state index >= 15 is 0 Å². The summed E-state index contributed by atoms with van der Waals surface area (Å²) in [5.74, 6) is -1.57. The van der Waals surface area contributed by atoms with Crippen LogP contribution in [0.4, 0.5) is 10.1 Å². The molecule has 2 aromatic rings. The van der Waals surface area contributed by atoms with Gasteiger partial charge < -0.3 is 4.74 Å². The number of hydrogen-bond acceptors (Lipinski definition) is 5. The van der Waals surface area contributed by atoms with Gasteiger partial charge in [0.15, 0.2) is 5.57 Å². The zero-order valence-electron chi connectivity index (χ0n) is 15.4. The molecule has 0 spiro atoms. The third-order valence-corrected chi connectivity index (χ3v) is 5.65. The number of nitriles is 1.